The van der Waals surface area contributed by atoms with Crippen LogP contribution in [-0.2, 0) is 18.3 Å². The molecule has 8 heteroatoms. The molecule has 0 unspecified atom stereocenters. The van der Waals surface area contributed by atoms with Crippen molar-refractivity contribution in [3.05, 3.63) is 76.0 Å². The number of carbonyl (C=O) groups is 1. The second-order valence-electron chi connectivity index (χ2n) is 7.63. The Labute approximate surface area is 179 Å². The number of carbonyl (C=O) groups excluding carboxylic acids is 1. The number of morpholine rings is 1. The van der Waals surface area contributed by atoms with E-state index in [0.717, 1.165) is 18.7 Å². The molecule has 1 saturated heterocycles. The third kappa shape index (κ3) is 4.81. The summed E-state index contributed by atoms with van der Waals surface area (Å²) >= 11 is 0. The van der Waals surface area contributed by atoms with Crippen LogP contribution in [0.15, 0.2) is 53.3 Å². The lowest BCUT2D eigenvalue weighted by Gasteiger charge is -2.30. The fraction of sp³-hybridized carbons (Fsp3) is 0.348. The lowest BCUT2D eigenvalue weighted by Crippen LogP contribution is -2.43. The highest BCUT2D eigenvalue weighted by molar-refractivity contribution is 6.04. The predicted molar refractivity (Wildman–Crippen MR) is 115 cm³/mol. The summed E-state index contributed by atoms with van der Waals surface area (Å²) in [6.07, 6.45) is 0. The molecule has 4 rings (SSSR count). The molecule has 1 aliphatic rings. The van der Waals surface area contributed by atoms with Crippen LogP contribution in [0, 0.1) is 5.82 Å². The molecule has 0 atom stereocenters. The van der Waals surface area contributed by atoms with Gasteiger partial charge in [0.1, 0.15) is 5.82 Å². The Morgan fingerprint density at radius 1 is 1.10 bits per heavy atom. The van der Waals surface area contributed by atoms with E-state index < -0.39 is 0 Å². The van der Waals surface area contributed by atoms with Gasteiger partial charge in [0, 0.05) is 45.2 Å². The summed E-state index contributed by atoms with van der Waals surface area (Å²) in [5.74, 6) is -0.579. The minimum Gasteiger partial charge on any atom is -0.379 e. The Hall–Kier alpha value is -3.10. The molecule has 0 radical (unpaired) electrons. The first-order valence-electron chi connectivity index (χ1n) is 10.3. The van der Waals surface area contributed by atoms with Gasteiger partial charge < -0.3 is 9.64 Å². The van der Waals surface area contributed by atoms with Crippen LogP contribution < -0.4 is 5.56 Å². The maximum atomic E-state index is 13.6. The summed E-state index contributed by atoms with van der Waals surface area (Å²) in [6, 6.07) is 13.1. The van der Waals surface area contributed by atoms with E-state index >= 15 is 0 Å². The Kier molecular flexibility index (Phi) is 6.39. The lowest BCUT2D eigenvalue weighted by molar-refractivity contribution is 0.0319. The van der Waals surface area contributed by atoms with Gasteiger partial charge in [0.15, 0.2) is 5.69 Å². The third-order valence-electron chi connectivity index (χ3n) is 5.52. The number of rotatable bonds is 6. The second kappa shape index (κ2) is 9.36. The molecule has 0 bridgehead atoms. The van der Waals surface area contributed by atoms with Crippen LogP contribution in [-0.4, -0.2) is 64.9 Å². The number of amides is 1. The van der Waals surface area contributed by atoms with E-state index in [-0.39, 0.29) is 23.0 Å². The van der Waals surface area contributed by atoms with Crippen molar-refractivity contribution in [2.75, 3.05) is 39.4 Å². The maximum absolute atomic E-state index is 13.6. The average Bonchev–Trinajstić information content (AvgIpc) is 2.80. The zero-order valence-electron chi connectivity index (χ0n) is 17.5. The van der Waals surface area contributed by atoms with Crippen LogP contribution in [0.5, 0.6) is 0 Å². The van der Waals surface area contributed by atoms with Crippen molar-refractivity contribution in [3.63, 3.8) is 0 Å². The van der Waals surface area contributed by atoms with Crippen molar-refractivity contribution >= 4 is 16.7 Å². The van der Waals surface area contributed by atoms with Gasteiger partial charge in [0.05, 0.1) is 18.6 Å². The number of halogens is 1. The molecule has 1 amide bonds. The molecule has 1 aromatic heterocycles. The third-order valence-corrected chi connectivity index (χ3v) is 5.52. The van der Waals surface area contributed by atoms with Crippen molar-refractivity contribution in [2.45, 2.75) is 6.54 Å². The summed E-state index contributed by atoms with van der Waals surface area (Å²) in [5, 5.41) is 5.28. The van der Waals surface area contributed by atoms with Gasteiger partial charge in [-0.1, -0.05) is 30.3 Å². The van der Waals surface area contributed by atoms with Crippen molar-refractivity contribution in [1.82, 2.24) is 19.6 Å². The van der Waals surface area contributed by atoms with E-state index in [2.05, 4.69) is 10.00 Å². The zero-order valence-corrected chi connectivity index (χ0v) is 17.5. The molecule has 162 valence electrons. The maximum Gasteiger partial charge on any atom is 0.275 e. The first kappa shape index (κ1) is 21.1. The minimum absolute atomic E-state index is 0.238. The number of nitrogens with zero attached hydrogens (tertiary/aromatic N) is 4. The summed E-state index contributed by atoms with van der Waals surface area (Å²) in [7, 11) is 1.55. The molecule has 1 aliphatic heterocycles. The van der Waals surface area contributed by atoms with E-state index in [9.17, 15) is 14.0 Å². The van der Waals surface area contributed by atoms with Gasteiger partial charge in [0.25, 0.3) is 11.5 Å². The number of benzene rings is 2. The molecule has 3 aromatic rings. The summed E-state index contributed by atoms with van der Waals surface area (Å²) in [5.41, 5.74) is 0.818. The van der Waals surface area contributed by atoms with Gasteiger partial charge in [-0.15, -0.1) is 0 Å². The normalized spacial score (nSPS) is 14.6. The Morgan fingerprint density at radius 2 is 1.77 bits per heavy atom. The van der Waals surface area contributed by atoms with Gasteiger partial charge >= 0.3 is 0 Å². The van der Waals surface area contributed by atoms with Crippen LogP contribution >= 0.6 is 0 Å². The van der Waals surface area contributed by atoms with E-state index in [0.29, 0.717) is 43.6 Å². The van der Waals surface area contributed by atoms with Gasteiger partial charge in [-0.2, -0.15) is 5.10 Å². The van der Waals surface area contributed by atoms with Gasteiger partial charge in [-0.05, 0) is 23.8 Å². The largest absolute Gasteiger partial charge is 0.379 e. The van der Waals surface area contributed by atoms with Crippen LogP contribution in [0.3, 0.4) is 0 Å². The highest BCUT2D eigenvalue weighted by Crippen LogP contribution is 2.17. The Balaban J connectivity index is 1.65. The summed E-state index contributed by atoms with van der Waals surface area (Å²) < 4.78 is 20.0. The lowest BCUT2D eigenvalue weighted by atomic mass is 10.1. The standard InChI is InChI=1S/C23H25FN4O3/c1-26-22(29)20-5-3-2-4-19(20)21(25-26)23(30)28(11-10-27-12-14-31-15-13-27)16-17-6-8-18(24)9-7-17/h2-9H,10-16H2,1H3. The van der Waals surface area contributed by atoms with Crippen LogP contribution in [0.1, 0.15) is 16.1 Å². The van der Waals surface area contributed by atoms with Crippen molar-refractivity contribution in [2.24, 2.45) is 7.05 Å². The van der Waals surface area contributed by atoms with Gasteiger partial charge in [0.2, 0.25) is 0 Å². The fourth-order valence-electron chi connectivity index (χ4n) is 3.76. The summed E-state index contributed by atoms with van der Waals surface area (Å²) in [6.45, 7) is 4.49. The highest BCUT2D eigenvalue weighted by atomic mass is 19.1. The molecule has 31 heavy (non-hydrogen) atoms. The van der Waals surface area contributed by atoms with Crippen molar-refractivity contribution in [1.29, 1.82) is 0 Å². The fourth-order valence-corrected chi connectivity index (χ4v) is 3.76. The molecular weight excluding hydrogens is 399 g/mol. The summed E-state index contributed by atoms with van der Waals surface area (Å²) in [4.78, 5) is 30.0. The predicted octanol–water partition coefficient (Wildman–Crippen LogP) is 2.05. The minimum atomic E-state index is -0.319. The van der Waals surface area contributed by atoms with E-state index in [1.807, 2.05) is 0 Å². The zero-order chi connectivity index (χ0) is 21.8. The smallest absolute Gasteiger partial charge is 0.275 e. The average molecular weight is 424 g/mol. The molecule has 1 fully saturated rings. The molecule has 2 heterocycles. The van der Waals surface area contributed by atoms with Gasteiger partial charge in [-0.3, -0.25) is 14.5 Å². The van der Waals surface area contributed by atoms with Crippen molar-refractivity contribution in [3.8, 4) is 0 Å². The molecule has 0 saturated carbocycles. The molecule has 7 nitrogen and oxygen atoms in total. The number of ether oxygens (including phenoxy) is 1. The quantitative estimate of drug-likeness (QED) is 0.606. The van der Waals surface area contributed by atoms with Crippen molar-refractivity contribution < 1.29 is 13.9 Å². The molecule has 0 aliphatic carbocycles. The SMILES string of the molecule is Cn1nc(C(=O)N(CCN2CCOCC2)Cc2ccc(F)cc2)c2ccccc2c1=O. The number of aryl methyl sites for hydroxylation is 1. The number of hydrogen-bond donors (Lipinski definition) is 0. The first-order valence-corrected chi connectivity index (χ1v) is 10.3. The number of aromatic nitrogens is 2. The van der Waals surface area contributed by atoms with Gasteiger partial charge in [-0.25, -0.2) is 9.07 Å². The molecule has 0 N–H and O–H groups in total. The number of hydrogen-bond acceptors (Lipinski definition) is 5. The van der Waals surface area contributed by atoms with E-state index in [1.165, 1.54) is 16.8 Å². The molecule has 0 spiro atoms. The monoisotopic (exact) mass is 424 g/mol. The van der Waals surface area contributed by atoms with Crippen LogP contribution in [0.4, 0.5) is 4.39 Å². The first-order chi connectivity index (χ1) is 15.0. The molecule has 2 aromatic carbocycles. The second-order valence-corrected chi connectivity index (χ2v) is 7.63. The molecular formula is C23H25FN4O3. The Morgan fingerprint density at radius 3 is 2.48 bits per heavy atom. The number of fused-ring (bicyclic) bond motifs is 1. The van der Waals surface area contributed by atoms with E-state index in [1.54, 1.807) is 48.3 Å². The highest BCUT2D eigenvalue weighted by Gasteiger charge is 2.23. The Bertz CT molecular complexity index is 1120. The van der Waals surface area contributed by atoms with Crippen LogP contribution in [0.2, 0.25) is 0 Å². The van der Waals surface area contributed by atoms with E-state index in [4.69, 9.17) is 4.74 Å². The van der Waals surface area contributed by atoms with Crippen LogP contribution in [0.25, 0.3) is 10.8 Å². The topological polar surface area (TPSA) is 67.7 Å².